The van der Waals surface area contributed by atoms with E-state index in [0.29, 0.717) is 10.0 Å². The Labute approximate surface area is 112 Å². The van der Waals surface area contributed by atoms with E-state index in [0.717, 1.165) is 14.8 Å². The van der Waals surface area contributed by atoms with Gasteiger partial charge in [0.2, 0.25) is 0 Å². The molecule has 76 valence electrons. The van der Waals surface area contributed by atoms with Crippen LogP contribution in [0.15, 0.2) is 36.5 Å². The van der Waals surface area contributed by atoms with Crippen molar-refractivity contribution in [2.45, 2.75) is 0 Å². The fourth-order valence-corrected chi connectivity index (χ4v) is 2.28. The molecule has 0 unspecified atom stereocenters. The van der Waals surface area contributed by atoms with Crippen LogP contribution in [0.5, 0.6) is 0 Å². The first-order valence-corrected chi connectivity index (χ1v) is 6.08. The molecule has 0 aliphatic carbocycles. The maximum Gasteiger partial charge on any atom is 0.0850 e. The van der Waals surface area contributed by atoms with Crippen molar-refractivity contribution < 1.29 is 0 Å². The summed E-state index contributed by atoms with van der Waals surface area (Å²) >= 11 is 14.3. The molecule has 0 aliphatic rings. The lowest BCUT2D eigenvalue weighted by Crippen LogP contribution is -1.87. The largest absolute Gasteiger partial charge is 0.255 e. The Hall–Kier alpha value is -0.320. The van der Waals surface area contributed by atoms with Crippen LogP contribution in [0.3, 0.4) is 0 Å². The predicted octanol–water partition coefficient (Wildman–Crippen LogP) is 4.66. The van der Waals surface area contributed by atoms with Crippen molar-refractivity contribution in [3.63, 3.8) is 0 Å². The molecule has 0 fully saturated rings. The SMILES string of the molecule is Clc1ccc(Cl)c(-c2ncccc2I)c1. The molecule has 0 radical (unpaired) electrons. The Morgan fingerprint density at radius 1 is 1.13 bits per heavy atom. The number of aromatic nitrogens is 1. The summed E-state index contributed by atoms with van der Waals surface area (Å²) in [7, 11) is 0. The molecular formula is C11H6Cl2IN. The molecule has 0 bridgehead atoms. The highest BCUT2D eigenvalue weighted by Gasteiger charge is 2.08. The van der Waals surface area contributed by atoms with E-state index in [4.69, 9.17) is 23.2 Å². The van der Waals surface area contributed by atoms with Gasteiger partial charge in [-0.2, -0.15) is 0 Å². The summed E-state index contributed by atoms with van der Waals surface area (Å²) in [6.07, 6.45) is 1.74. The molecule has 15 heavy (non-hydrogen) atoms. The molecule has 0 saturated heterocycles. The van der Waals surface area contributed by atoms with Crippen molar-refractivity contribution in [1.82, 2.24) is 4.98 Å². The highest BCUT2D eigenvalue weighted by atomic mass is 127. The first kappa shape index (κ1) is 11.2. The van der Waals surface area contributed by atoms with E-state index in [1.54, 1.807) is 18.3 Å². The molecule has 1 nitrogen and oxygen atoms in total. The third-order valence-electron chi connectivity index (χ3n) is 1.94. The van der Waals surface area contributed by atoms with Gasteiger partial charge in [-0.3, -0.25) is 4.98 Å². The molecule has 0 amide bonds. The van der Waals surface area contributed by atoms with Crippen molar-refractivity contribution in [2.24, 2.45) is 0 Å². The minimum Gasteiger partial charge on any atom is -0.255 e. The summed E-state index contributed by atoms with van der Waals surface area (Å²) in [6, 6.07) is 9.26. The fourth-order valence-electron chi connectivity index (χ4n) is 1.26. The number of hydrogen-bond donors (Lipinski definition) is 0. The second kappa shape index (κ2) is 4.68. The maximum absolute atomic E-state index is 6.10. The molecule has 0 atom stereocenters. The van der Waals surface area contributed by atoms with Gasteiger partial charge in [-0.15, -0.1) is 0 Å². The van der Waals surface area contributed by atoms with Crippen molar-refractivity contribution in [1.29, 1.82) is 0 Å². The first-order chi connectivity index (χ1) is 7.18. The number of pyridine rings is 1. The molecule has 1 aromatic heterocycles. The van der Waals surface area contributed by atoms with Gasteiger partial charge in [0.25, 0.3) is 0 Å². The Morgan fingerprint density at radius 2 is 1.93 bits per heavy atom. The Morgan fingerprint density at radius 3 is 2.67 bits per heavy atom. The summed E-state index contributed by atoms with van der Waals surface area (Å²) in [6.45, 7) is 0. The molecule has 1 heterocycles. The van der Waals surface area contributed by atoms with Gasteiger partial charge in [0, 0.05) is 20.4 Å². The van der Waals surface area contributed by atoms with Crippen LogP contribution in [0.2, 0.25) is 10.0 Å². The third-order valence-corrected chi connectivity index (χ3v) is 3.38. The average Bonchev–Trinajstić information content (AvgIpc) is 2.23. The van der Waals surface area contributed by atoms with Crippen LogP contribution in [-0.4, -0.2) is 4.98 Å². The number of rotatable bonds is 1. The lowest BCUT2D eigenvalue weighted by molar-refractivity contribution is 1.31. The van der Waals surface area contributed by atoms with Gasteiger partial charge in [0.05, 0.1) is 10.7 Å². The van der Waals surface area contributed by atoms with Crippen molar-refractivity contribution in [3.05, 3.63) is 50.1 Å². The van der Waals surface area contributed by atoms with Gasteiger partial charge in [-0.25, -0.2) is 0 Å². The van der Waals surface area contributed by atoms with Gasteiger partial charge in [-0.1, -0.05) is 23.2 Å². The molecule has 0 saturated carbocycles. The highest BCUT2D eigenvalue weighted by molar-refractivity contribution is 14.1. The van der Waals surface area contributed by atoms with Crippen LogP contribution in [0, 0.1) is 3.57 Å². The van der Waals surface area contributed by atoms with Gasteiger partial charge in [0.1, 0.15) is 0 Å². The van der Waals surface area contributed by atoms with E-state index in [9.17, 15) is 0 Å². The maximum atomic E-state index is 6.10. The number of halogens is 3. The molecule has 2 aromatic rings. The number of hydrogen-bond acceptors (Lipinski definition) is 1. The molecule has 0 spiro atoms. The van der Waals surface area contributed by atoms with Gasteiger partial charge < -0.3 is 0 Å². The molecule has 0 N–H and O–H groups in total. The van der Waals surface area contributed by atoms with Crippen LogP contribution in [0.25, 0.3) is 11.3 Å². The van der Waals surface area contributed by atoms with Crippen molar-refractivity contribution in [3.8, 4) is 11.3 Å². The number of nitrogens with zero attached hydrogens (tertiary/aromatic N) is 1. The monoisotopic (exact) mass is 349 g/mol. The van der Waals surface area contributed by atoms with Crippen LogP contribution in [0.4, 0.5) is 0 Å². The van der Waals surface area contributed by atoms with Crippen LogP contribution < -0.4 is 0 Å². The first-order valence-electron chi connectivity index (χ1n) is 4.24. The normalized spacial score (nSPS) is 10.3. The van der Waals surface area contributed by atoms with Crippen LogP contribution >= 0.6 is 45.8 Å². The predicted molar refractivity (Wildman–Crippen MR) is 72.4 cm³/mol. The molecule has 1 aromatic carbocycles. The standard InChI is InChI=1S/C11H6Cl2IN/c12-7-3-4-9(13)8(6-7)11-10(14)2-1-5-15-11/h1-6H. The summed E-state index contributed by atoms with van der Waals surface area (Å²) in [5.74, 6) is 0. The second-order valence-electron chi connectivity index (χ2n) is 2.96. The highest BCUT2D eigenvalue weighted by Crippen LogP contribution is 2.31. The van der Waals surface area contributed by atoms with Gasteiger partial charge in [-0.05, 0) is 52.9 Å². The summed E-state index contributed by atoms with van der Waals surface area (Å²) in [4.78, 5) is 4.30. The summed E-state index contributed by atoms with van der Waals surface area (Å²) < 4.78 is 1.05. The third kappa shape index (κ3) is 2.44. The molecular weight excluding hydrogens is 344 g/mol. The van der Waals surface area contributed by atoms with E-state index in [2.05, 4.69) is 27.6 Å². The minimum absolute atomic E-state index is 0.663. The molecule has 2 rings (SSSR count). The molecule has 0 aliphatic heterocycles. The number of benzene rings is 1. The lowest BCUT2D eigenvalue weighted by atomic mass is 10.1. The van der Waals surface area contributed by atoms with Crippen molar-refractivity contribution in [2.75, 3.05) is 0 Å². The Kier molecular flexibility index (Phi) is 3.49. The smallest absolute Gasteiger partial charge is 0.0850 e. The van der Waals surface area contributed by atoms with Gasteiger partial charge in [0.15, 0.2) is 0 Å². The molecule has 4 heteroatoms. The van der Waals surface area contributed by atoms with Crippen LogP contribution in [-0.2, 0) is 0 Å². The zero-order valence-corrected chi connectivity index (χ0v) is 11.2. The lowest BCUT2D eigenvalue weighted by Gasteiger charge is -2.05. The van der Waals surface area contributed by atoms with Gasteiger partial charge >= 0.3 is 0 Å². The van der Waals surface area contributed by atoms with E-state index in [1.807, 2.05) is 18.2 Å². The summed E-state index contributed by atoms with van der Waals surface area (Å²) in [5, 5.41) is 1.33. The van der Waals surface area contributed by atoms with E-state index in [1.165, 1.54) is 0 Å². The Bertz CT molecular complexity index is 500. The Balaban J connectivity index is 2.64. The minimum atomic E-state index is 0.663. The zero-order chi connectivity index (χ0) is 10.8. The quantitative estimate of drug-likeness (QED) is 0.682. The average molecular weight is 350 g/mol. The zero-order valence-electron chi connectivity index (χ0n) is 7.55. The topological polar surface area (TPSA) is 12.9 Å². The second-order valence-corrected chi connectivity index (χ2v) is 4.96. The van der Waals surface area contributed by atoms with Crippen LogP contribution in [0.1, 0.15) is 0 Å². The van der Waals surface area contributed by atoms with Crippen molar-refractivity contribution >= 4 is 45.8 Å². The van der Waals surface area contributed by atoms with E-state index >= 15 is 0 Å². The summed E-state index contributed by atoms with van der Waals surface area (Å²) in [5.41, 5.74) is 1.74. The van der Waals surface area contributed by atoms with E-state index in [-0.39, 0.29) is 0 Å². The van der Waals surface area contributed by atoms with E-state index < -0.39 is 0 Å². The fraction of sp³-hybridized carbons (Fsp3) is 0.